The lowest BCUT2D eigenvalue weighted by Gasteiger charge is -2.38. The zero-order chi connectivity index (χ0) is 23.2. The Kier molecular flexibility index (Phi) is 5.03. The molecule has 0 bridgehead atoms. The van der Waals surface area contributed by atoms with Crippen molar-refractivity contribution in [3.8, 4) is 5.69 Å². The number of carbonyl (C=O) groups excluding carboxylic acids is 2. The van der Waals surface area contributed by atoms with Gasteiger partial charge >= 0.3 is 0 Å². The van der Waals surface area contributed by atoms with Gasteiger partial charge in [0.15, 0.2) is 0 Å². The Hall–Kier alpha value is -3.77. The number of hydrogen-bond acceptors (Lipinski definition) is 3. The van der Waals surface area contributed by atoms with Crippen LogP contribution in [-0.2, 0) is 4.79 Å². The number of aromatic nitrogens is 1. The first-order valence-corrected chi connectivity index (χ1v) is 11.7. The van der Waals surface area contributed by atoms with Crippen molar-refractivity contribution in [1.82, 2.24) is 9.47 Å². The van der Waals surface area contributed by atoms with Gasteiger partial charge in [0.1, 0.15) is 18.3 Å². The van der Waals surface area contributed by atoms with Crippen LogP contribution in [0.4, 0.5) is 5.69 Å². The van der Waals surface area contributed by atoms with Crippen molar-refractivity contribution >= 4 is 29.1 Å². The summed E-state index contributed by atoms with van der Waals surface area (Å²) in [6.45, 7) is -0.0407. The summed E-state index contributed by atoms with van der Waals surface area (Å²) in [4.78, 5) is 30.9. The Morgan fingerprint density at radius 3 is 2.44 bits per heavy atom. The predicted molar refractivity (Wildman–Crippen MR) is 129 cm³/mol. The molecular weight excluding hydrogens is 450 g/mol. The Balaban J connectivity index is 1.40. The molecule has 0 spiro atoms. The quantitative estimate of drug-likeness (QED) is 0.388. The number of rotatable bonds is 5. The second kappa shape index (κ2) is 8.22. The molecule has 3 heterocycles. The van der Waals surface area contributed by atoms with E-state index in [1.54, 1.807) is 40.3 Å². The van der Waals surface area contributed by atoms with E-state index in [1.807, 2.05) is 54.7 Å². The summed E-state index contributed by atoms with van der Waals surface area (Å²) in [7, 11) is 0. The van der Waals surface area contributed by atoms with Crippen molar-refractivity contribution in [1.29, 1.82) is 0 Å². The maximum absolute atomic E-state index is 14.0. The van der Waals surface area contributed by atoms with Crippen LogP contribution in [0.15, 0.2) is 89.7 Å². The van der Waals surface area contributed by atoms with Crippen LogP contribution in [0.2, 0.25) is 5.02 Å². The largest absolute Gasteiger partial charge is 0.467 e. The molecule has 6 rings (SSSR count). The molecule has 1 fully saturated rings. The van der Waals surface area contributed by atoms with Gasteiger partial charge in [0, 0.05) is 12.2 Å². The van der Waals surface area contributed by atoms with Crippen LogP contribution in [0.25, 0.3) is 5.69 Å². The molecule has 2 aliphatic rings. The lowest BCUT2D eigenvalue weighted by Crippen LogP contribution is -2.47. The first-order chi connectivity index (χ1) is 16.6. The monoisotopic (exact) mass is 471 g/mol. The van der Waals surface area contributed by atoms with E-state index in [4.69, 9.17) is 16.0 Å². The van der Waals surface area contributed by atoms with Crippen LogP contribution in [0.5, 0.6) is 0 Å². The third-order valence-electron chi connectivity index (χ3n) is 6.46. The summed E-state index contributed by atoms with van der Waals surface area (Å²) < 4.78 is 7.87. The van der Waals surface area contributed by atoms with E-state index in [1.165, 1.54) is 0 Å². The molecule has 34 heavy (non-hydrogen) atoms. The molecule has 2 aromatic heterocycles. The Morgan fingerprint density at radius 2 is 1.71 bits per heavy atom. The SMILES string of the molecule is O=C(c1ccccc1Cl)N(CC(=O)N1c2ccccc2-n2cccc2C1c1ccco1)C1CC1. The average molecular weight is 472 g/mol. The van der Waals surface area contributed by atoms with E-state index >= 15 is 0 Å². The number of furan rings is 1. The second-order valence-electron chi connectivity index (χ2n) is 8.62. The van der Waals surface area contributed by atoms with E-state index in [-0.39, 0.29) is 24.4 Å². The lowest BCUT2D eigenvalue weighted by atomic mass is 10.0. The summed E-state index contributed by atoms with van der Waals surface area (Å²) in [6, 6.07) is 22.0. The van der Waals surface area contributed by atoms with Gasteiger partial charge in [0.2, 0.25) is 5.91 Å². The average Bonchev–Trinajstić information content (AvgIpc) is 3.32. The van der Waals surface area contributed by atoms with E-state index in [0.29, 0.717) is 16.3 Å². The van der Waals surface area contributed by atoms with Crippen molar-refractivity contribution in [2.24, 2.45) is 0 Å². The smallest absolute Gasteiger partial charge is 0.256 e. The van der Waals surface area contributed by atoms with Gasteiger partial charge in [-0.3, -0.25) is 14.5 Å². The zero-order valence-corrected chi connectivity index (χ0v) is 19.1. The van der Waals surface area contributed by atoms with Gasteiger partial charge in [-0.15, -0.1) is 0 Å². The van der Waals surface area contributed by atoms with Crippen molar-refractivity contribution in [3.05, 3.63) is 107 Å². The third kappa shape index (κ3) is 3.42. The molecule has 1 aliphatic heterocycles. The number of halogens is 1. The molecule has 6 nitrogen and oxygen atoms in total. The van der Waals surface area contributed by atoms with Gasteiger partial charge in [0.05, 0.1) is 33.9 Å². The van der Waals surface area contributed by atoms with Crippen LogP contribution < -0.4 is 4.90 Å². The van der Waals surface area contributed by atoms with Crippen molar-refractivity contribution in [3.63, 3.8) is 0 Å². The summed E-state index contributed by atoms with van der Waals surface area (Å²) in [5, 5.41) is 0.389. The maximum atomic E-state index is 14.0. The minimum atomic E-state index is -0.441. The number of benzene rings is 2. The Labute approximate surface area is 202 Å². The normalized spacial score (nSPS) is 16.6. The minimum absolute atomic E-state index is 0.0404. The standard InChI is InChI=1S/C27H22ClN3O3/c28-20-8-2-1-7-19(20)27(33)30(18-13-14-18)17-25(32)31-22-10-4-3-9-21(22)29-15-5-11-23(29)26(31)24-12-6-16-34-24/h1-12,15-16,18,26H,13-14,17H2. The van der Waals surface area contributed by atoms with Gasteiger partial charge in [-0.2, -0.15) is 0 Å². The lowest BCUT2D eigenvalue weighted by molar-refractivity contribution is -0.120. The fourth-order valence-corrected chi connectivity index (χ4v) is 4.96. The summed E-state index contributed by atoms with van der Waals surface area (Å²) in [6.07, 6.45) is 5.36. The number of anilines is 1. The number of para-hydroxylation sites is 2. The molecular formula is C27H22ClN3O3. The molecule has 1 unspecified atom stereocenters. The van der Waals surface area contributed by atoms with Crippen molar-refractivity contribution in [2.75, 3.05) is 11.4 Å². The highest BCUT2D eigenvalue weighted by molar-refractivity contribution is 6.33. The van der Waals surface area contributed by atoms with Crippen molar-refractivity contribution in [2.45, 2.75) is 24.9 Å². The van der Waals surface area contributed by atoms with Crippen LogP contribution in [0.1, 0.15) is 40.7 Å². The summed E-state index contributed by atoms with van der Waals surface area (Å²) in [5.74, 6) is 0.275. The molecule has 2 aromatic carbocycles. The van der Waals surface area contributed by atoms with E-state index in [2.05, 4.69) is 4.57 Å². The fourth-order valence-electron chi connectivity index (χ4n) is 4.74. The number of fused-ring (bicyclic) bond motifs is 3. The minimum Gasteiger partial charge on any atom is -0.467 e. The van der Waals surface area contributed by atoms with Gasteiger partial charge in [-0.25, -0.2) is 0 Å². The van der Waals surface area contributed by atoms with Gasteiger partial charge < -0.3 is 13.9 Å². The highest BCUT2D eigenvalue weighted by atomic mass is 35.5. The molecule has 1 saturated carbocycles. The zero-order valence-electron chi connectivity index (χ0n) is 18.3. The molecule has 2 amide bonds. The van der Waals surface area contributed by atoms with E-state index < -0.39 is 6.04 Å². The molecule has 0 radical (unpaired) electrons. The maximum Gasteiger partial charge on any atom is 0.256 e. The fraction of sp³-hybridized carbons (Fsp3) is 0.185. The van der Waals surface area contributed by atoms with Crippen LogP contribution in [-0.4, -0.2) is 33.9 Å². The van der Waals surface area contributed by atoms with Crippen LogP contribution in [0, 0.1) is 0 Å². The van der Waals surface area contributed by atoms with Gasteiger partial charge in [-0.05, 0) is 61.4 Å². The van der Waals surface area contributed by atoms with Gasteiger partial charge in [-0.1, -0.05) is 35.9 Å². The number of hydrogen-bond donors (Lipinski definition) is 0. The highest BCUT2D eigenvalue weighted by Crippen LogP contribution is 2.42. The highest BCUT2D eigenvalue weighted by Gasteiger charge is 2.41. The topological polar surface area (TPSA) is 58.7 Å². The number of carbonyl (C=O) groups is 2. The molecule has 170 valence electrons. The van der Waals surface area contributed by atoms with Crippen LogP contribution in [0.3, 0.4) is 0 Å². The second-order valence-corrected chi connectivity index (χ2v) is 9.02. The predicted octanol–water partition coefficient (Wildman–Crippen LogP) is 5.46. The van der Waals surface area contributed by atoms with E-state index in [9.17, 15) is 9.59 Å². The molecule has 0 N–H and O–H groups in total. The van der Waals surface area contributed by atoms with E-state index in [0.717, 1.165) is 29.9 Å². The molecule has 0 saturated heterocycles. The first kappa shape index (κ1) is 20.8. The third-order valence-corrected chi connectivity index (χ3v) is 6.79. The number of nitrogens with zero attached hydrogens (tertiary/aromatic N) is 3. The Bertz CT molecular complexity index is 1370. The first-order valence-electron chi connectivity index (χ1n) is 11.3. The molecule has 1 aliphatic carbocycles. The molecule has 4 aromatic rings. The van der Waals surface area contributed by atoms with Gasteiger partial charge in [0.25, 0.3) is 5.91 Å². The molecule has 7 heteroatoms. The summed E-state index contributed by atoms with van der Waals surface area (Å²) >= 11 is 6.32. The van der Waals surface area contributed by atoms with Crippen LogP contribution >= 0.6 is 11.6 Å². The molecule has 1 atom stereocenters. The summed E-state index contributed by atoms with van der Waals surface area (Å²) in [5.41, 5.74) is 3.03. The Morgan fingerprint density at radius 1 is 0.941 bits per heavy atom. The van der Waals surface area contributed by atoms with Crippen molar-refractivity contribution < 1.29 is 14.0 Å². The number of amides is 2.